The smallest absolute Gasteiger partial charge is 0.352 e. The summed E-state index contributed by atoms with van der Waals surface area (Å²) >= 11 is 6.30. The number of aromatic nitrogens is 3. The average molecular weight is 493 g/mol. The van der Waals surface area contributed by atoms with Crippen molar-refractivity contribution >= 4 is 46.6 Å². The summed E-state index contributed by atoms with van der Waals surface area (Å²) in [6.07, 6.45) is 3.09. The van der Waals surface area contributed by atoms with Gasteiger partial charge in [-0.3, -0.25) is 4.79 Å². The van der Waals surface area contributed by atoms with E-state index in [1.165, 1.54) is 19.4 Å². The van der Waals surface area contributed by atoms with Crippen molar-refractivity contribution in [3.63, 3.8) is 0 Å². The van der Waals surface area contributed by atoms with E-state index in [1.807, 2.05) is 0 Å². The van der Waals surface area contributed by atoms with Crippen molar-refractivity contribution in [2.45, 2.75) is 0 Å². The molecule has 35 heavy (non-hydrogen) atoms. The second-order valence-corrected chi connectivity index (χ2v) is 7.63. The maximum Gasteiger partial charge on any atom is 0.352 e. The maximum absolute atomic E-state index is 12.2. The number of carboxylic acid groups (broad SMARTS) is 1. The fourth-order valence-corrected chi connectivity index (χ4v) is 3.54. The molecule has 178 valence electrons. The van der Waals surface area contributed by atoms with E-state index >= 15 is 0 Å². The minimum absolute atomic E-state index is 0.126. The molecule has 0 bridgehead atoms. The minimum Gasteiger partial charge on any atom is -0.494 e. The Bertz CT molecular complexity index is 1400. The van der Waals surface area contributed by atoms with E-state index in [2.05, 4.69) is 25.9 Å². The van der Waals surface area contributed by atoms with Crippen LogP contribution in [-0.2, 0) is 0 Å². The summed E-state index contributed by atoms with van der Waals surface area (Å²) in [5, 5.41) is 18.4. The first-order valence-corrected chi connectivity index (χ1v) is 10.8. The van der Waals surface area contributed by atoms with Crippen LogP contribution in [0.15, 0.2) is 67.0 Å². The molecule has 10 nitrogen and oxygen atoms in total. The van der Waals surface area contributed by atoms with Crippen molar-refractivity contribution in [1.82, 2.24) is 19.9 Å². The molecule has 2 aromatic carbocycles. The monoisotopic (exact) mass is 492 g/mol. The third-order valence-electron chi connectivity index (χ3n) is 5.07. The third-order valence-corrected chi connectivity index (χ3v) is 5.35. The first kappa shape index (κ1) is 23.6. The van der Waals surface area contributed by atoms with Crippen molar-refractivity contribution in [3.05, 3.63) is 83.3 Å². The number of carboxylic acids is 1. The van der Waals surface area contributed by atoms with Gasteiger partial charge in [0.15, 0.2) is 5.82 Å². The quantitative estimate of drug-likeness (QED) is 0.283. The first-order valence-electron chi connectivity index (χ1n) is 10.4. The summed E-state index contributed by atoms with van der Waals surface area (Å²) in [6, 6.07) is 15.3. The number of ether oxygens (including phenoxy) is 1. The van der Waals surface area contributed by atoms with Gasteiger partial charge in [-0.25, -0.2) is 9.78 Å². The zero-order valence-electron chi connectivity index (χ0n) is 18.7. The van der Waals surface area contributed by atoms with Crippen LogP contribution < -0.4 is 20.7 Å². The molecule has 1 amide bonds. The van der Waals surface area contributed by atoms with Crippen LogP contribution in [0.3, 0.4) is 0 Å². The highest BCUT2D eigenvalue weighted by Crippen LogP contribution is 2.31. The number of nitrogens with zero attached hydrogens (tertiary/aromatic N) is 3. The van der Waals surface area contributed by atoms with Gasteiger partial charge in [0, 0.05) is 25.0 Å². The van der Waals surface area contributed by atoms with E-state index in [0.717, 1.165) is 0 Å². The van der Waals surface area contributed by atoms with Crippen LogP contribution in [0.2, 0.25) is 5.02 Å². The second kappa shape index (κ2) is 10.1. The van der Waals surface area contributed by atoms with Crippen molar-refractivity contribution in [2.75, 3.05) is 24.8 Å². The number of benzene rings is 2. The standard InChI is InChI=1S/C24H21ClN6O4/c1-26-22(32)15-6-3-4-7-17(15)28-21-16(25)13-27-24(30-21)29-18-10-9-14(12-20(18)35-2)31-11-5-8-19(31)23(33)34/h3-13H,1-2H3,(H,26,32)(H,33,34)(H2,27,28,29,30). The number of hydrogen-bond donors (Lipinski definition) is 4. The number of carbonyl (C=O) groups is 2. The molecule has 4 aromatic rings. The van der Waals surface area contributed by atoms with Gasteiger partial charge in [0.05, 0.1) is 30.2 Å². The van der Waals surface area contributed by atoms with E-state index in [0.29, 0.717) is 34.2 Å². The molecule has 4 N–H and O–H groups in total. The fraction of sp³-hybridized carbons (Fsp3) is 0.0833. The van der Waals surface area contributed by atoms with E-state index in [9.17, 15) is 14.7 Å². The molecule has 0 fully saturated rings. The van der Waals surface area contributed by atoms with Crippen LogP contribution in [0.5, 0.6) is 5.75 Å². The summed E-state index contributed by atoms with van der Waals surface area (Å²) in [5.41, 5.74) is 2.25. The van der Waals surface area contributed by atoms with Gasteiger partial charge in [0.25, 0.3) is 5.91 Å². The van der Waals surface area contributed by atoms with Gasteiger partial charge in [0.1, 0.15) is 16.5 Å². The summed E-state index contributed by atoms with van der Waals surface area (Å²) in [6.45, 7) is 0. The Morgan fingerprint density at radius 2 is 1.86 bits per heavy atom. The molecule has 2 aromatic heterocycles. The number of halogens is 1. The molecule has 0 spiro atoms. The minimum atomic E-state index is -1.04. The molecule has 0 radical (unpaired) electrons. The third kappa shape index (κ3) is 5.02. The normalized spacial score (nSPS) is 10.5. The maximum atomic E-state index is 12.2. The molecule has 0 aliphatic carbocycles. The molecule has 0 saturated heterocycles. The van der Waals surface area contributed by atoms with Crippen LogP contribution in [0, 0.1) is 0 Å². The summed E-state index contributed by atoms with van der Waals surface area (Å²) in [4.78, 5) is 32.3. The zero-order chi connectivity index (χ0) is 24.9. The highest BCUT2D eigenvalue weighted by Gasteiger charge is 2.15. The molecule has 11 heteroatoms. The van der Waals surface area contributed by atoms with Gasteiger partial charge in [-0.15, -0.1) is 0 Å². The lowest BCUT2D eigenvalue weighted by Gasteiger charge is -2.15. The lowest BCUT2D eigenvalue weighted by molar-refractivity contribution is 0.0688. The van der Waals surface area contributed by atoms with Gasteiger partial charge in [-0.1, -0.05) is 23.7 Å². The highest BCUT2D eigenvalue weighted by molar-refractivity contribution is 6.33. The first-order chi connectivity index (χ1) is 16.9. The molecule has 2 heterocycles. The fourth-order valence-electron chi connectivity index (χ4n) is 3.40. The Morgan fingerprint density at radius 3 is 2.60 bits per heavy atom. The van der Waals surface area contributed by atoms with Gasteiger partial charge >= 0.3 is 5.97 Å². The molecular formula is C24H21ClN6O4. The van der Waals surface area contributed by atoms with E-state index in [-0.39, 0.29) is 22.6 Å². The Morgan fingerprint density at radius 1 is 1.06 bits per heavy atom. The van der Waals surface area contributed by atoms with Gasteiger partial charge in [-0.2, -0.15) is 4.98 Å². The highest BCUT2D eigenvalue weighted by atomic mass is 35.5. The van der Waals surface area contributed by atoms with E-state index < -0.39 is 5.97 Å². The molecule has 0 saturated carbocycles. The molecule has 0 aliphatic heterocycles. The Labute approximate surface area is 205 Å². The van der Waals surface area contributed by atoms with Crippen LogP contribution in [-0.4, -0.2) is 45.7 Å². The summed E-state index contributed by atoms with van der Waals surface area (Å²) in [7, 11) is 3.06. The number of rotatable bonds is 8. The van der Waals surface area contributed by atoms with Crippen molar-refractivity contribution < 1.29 is 19.4 Å². The van der Waals surface area contributed by atoms with Gasteiger partial charge in [0.2, 0.25) is 5.95 Å². The topological polar surface area (TPSA) is 130 Å². The number of hydrogen-bond acceptors (Lipinski definition) is 7. The largest absolute Gasteiger partial charge is 0.494 e. The van der Waals surface area contributed by atoms with Gasteiger partial charge < -0.3 is 30.4 Å². The number of carbonyl (C=O) groups excluding carboxylic acids is 1. The summed E-state index contributed by atoms with van der Waals surface area (Å²) < 4.78 is 7.04. The Balaban J connectivity index is 1.62. The lowest BCUT2D eigenvalue weighted by Crippen LogP contribution is -2.19. The second-order valence-electron chi connectivity index (χ2n) is 7.22. The molecule has 4 rings (SSSR count). The van der Waals surface area contributed by atoms with Crippen LogP contribution in [0.4, 0.5) is 23.1 Å². The molecule has 0 unspecified atom stereocenters. The van der Waals surface area contributed by atoms with Crippen molar-refractivity contribution in [2.24, 2.45) is 0 Å². The number of methoxy groups -OCH3 is 1. The Hall–Kier alpha value is -4.57. The van der Waals surface area contributed by atoms with Crippen molar-refractivity contribution in [1.29, 1.82) is 0 Å². The van der Waals surface area contributed by atoms with E-state index in [1.54, 1.807) is 66.3 Å². The van der Waals surface area contributed by atoms with E-state index in [4.69, 9.17) is 16.3 Å². The van der Waals surface area contributed by atoms with Crippen LogP contribution in [0.1, 0.15) is 20.8 Å². The number of para-hydroxylation sites is 1. The Kier molecular flexibility index (Phi) is 6.83. The predicted molar refractivity (Wildman–Crippen MR) is 133 cm³/mol. The number of anilines is 4. The van der Waals surface area contributed by atoms with Crippen LogP contribution >= 0.6 is 11.6 Å². The van der Waals surface area contributed by atoms with Gasteiger partial charge in [-0.05, 0) is 36.4 Å². The lowest BCUT2D eigenvalue weighted by atomic mass is 10.1. The molecule has 0 atom stereocenters. The number of nitrogens with one attached hydrogen (secondary N) is 3. The predicted octanol–water partition coefficient (Wildman–Crippen LogP) is 4.47. The molecule has 0 aliphatic rings. The molecular weight excluding hydrogens is 472 g/mol. The zero-order valence-corrected chi connectivity index (χ0v) is 19.5. The van der Waals surface area contributed by atoms with Crippen LogP contribution in [0.25, 0.3) is 5.69 Å². The number of amides is 1. The average Bonchev–Trinajstić information content (AvgIpc) is 3.36. The summed E-state index contributed by atoms with van der Waals surface area (Å²) in [5.74, 6) is -0.313. The van der Waals surface area contributed by atoms with Crippen molar-refractivity contribution in [3.8, 4) is 11.4 Å². The number of aromatic carboxylic acids is 1. The SMILES string of the molecule is CNC(=O)c1ccccc1Nc1nc(Nc2ccc(-n3cccc3C(=O)O)cc2OC)ncc1Cl.